The molecule has 0 spiro atoms. The lowest BCUT2D eigenvalue weighted by molar-refractivity contribution is 0.168. The zero-order valence-electron chi connectivity index (χ0n) is 10.3. The molecule has 0 aromatic heterocycles. The normalized spacial score (nSPS) is 12.1. The van der Waals surface area contributed by atoms with Crippen molar-refractivity contribution in [2.45, 2.75) is 4.90 Å². The van der Waals surface area contributed by atoms with Gasteiger partial charge in [0, 0.05) is 24.7 Å². The van der Waals surface area contributed by atoms with E-state index in [9.17, 15) is 8.42 Å². The zero-order valence-corrected chi connectivity index (χ0v) is 13.5. The van der Waals surface area contributed by atoms with E-state index in [4.69, 9.17) is 21.4 Å². The molecular formula is C11H15BrClNO4S. The highest BCUT2D eigenvalue weighted by Gasteiger charge is 2.24. The lowest BCUT2D eigenvalue weighted by atomic mass is 10.4. The lowest BCUT2D eigenvalue weighted by Crippen LogP contribution is -2.36. The second-order valence-corrected chi connectivity index (χ2v) is 6.90. The molecule has 1 aromatic carbocycles. The van der Waals surface area contributed by atoms with Gasteiger partial charge in [0.1, 0.15) is 0 Å². The lowest BCUT2D eigenvalue weighted by Gasteiger charge is -2.21. The first-order valence-corrected chi connectivity index (χ1v) is 8.09. The van der Waals surface area contributed by atoms with E-state index in [1.165, 1.54) is 29.6 Å². The topological polar surface area (TPSA) is 66.8 Å². The molecule has 5 nitrogen and oxygen atoms in total. The second-order valence-electron chi connectivity index (χ2n) is 3.70. The molecule has 0 bridgehead atoms. The van der Waals surface area contributed by atoms with E-state index in [2.05, 4.69) is 15.9 Å². The van der Waals surface area contributed by atoms with Gasteiger partial charge in [0.05, 0.1) is 23.1 Å². The zero-order chi connectivity index (χ0) is 14.5. The van der Waals surface area contributed by atoms with E-state index in [0.717, 1.165) is 0 Å². The summed E-state index contributed by atoms with van der Waals surface area (Å²) in [6.07, 6.45) is 0. The molecule has 0 unspecified atom stereocenters. The molecule has 8 heteroatoms. The molecule has 0 aliphatic heterocycles. The van der Waals surface area contributed by atoms with Gasteiger partial charge in [0.2, 0.25) is 10.0 Å². The smallest absolute Gasteiger partial charge is 0.243 e. The summed E-state index contributed by atoms with van der Waals surface area (Å²) in [6.45, 7) is 0.206. The Hall–Kier alpha value is -0.180. The van der Waals surface area contributed by atoms with Crippen LogP contribution < -0.4 is 0 Å². The maximum atomic E-state index is 12.4. The van der Waals surface area contributed by atoms with E-state index in [-0.39, 0.29) is 31.2 Å². The number of hydrogen-bond donors (Lipinski definition) is 1. The van der Waals surface area contributed by atoms with E-state index < -0.39 is 10.0 Å². The number of halogens is 2. The van der Waals surface area contributed by atoms with Gasteiger partial charge in [0.15, 0.2) is 0 Å². The Morgan fingerprint density at radius 2 is 2.11 bits per heavy atom. The van der Waals surface area contributed by atoms with Crippen molar-refractivity contribution in [1.82, 2.24) is 4.31 Å². The van der Waals surface area contributed by atoms with Crippen molar-refractivity contribution < 1.29 is 18.3 Å². The van der Waals surface area contributed by atoms with Crippen LogP contribution in [0.2, 0.25) is 5.02 Å². The van der Waals surface area contributed by atoms with Crippen molar-refractivity contribution in [2.24, 2.45) is 0 Å². The molecule has 108 valence electrons. The van der Waals surface area contributed by atoms with Gasteiger partial charge in [-0.3, -0.25) is 0 Å². The largest absolute Gasteiger partial charge is 0.395 e. The summed E-state index contributed by atoms with van der Waals surface area (Å²) < 4.78 is 31.3. The fourth-order valence-corrected chi connectivity index (χ4v) is 3.53. The first kappa shape index (κ1) is 16.9. The molecule has 0 aliphatic rings. The third kappa shape index (κ3) is 4.40. The molecule has 1 rings (SSSR count). The van der Waals surface area contributed by atoms with Gasteiger partial charge in [-0.05, 0) is 34.1 Å². The standard InChI is InChI=1S/C11H15BrClNO4S/c1-18-7-5-14(4-6-15)19(16,17)9-2-3-11(13)10(12)8-9/h2-3,8,15H,4-7H2,1H3. The van der Waals surface area contributed by atoms with Crippen LogP contribution in [0.5, 0.6) is 0 Å². The number of nitrogens with zero attached hydrogens (tertiary/aromatic N) is 1. The molecule has 0 atom stereocenters. The van der Waals surface area contributed by atoms with Crippen LogP contribution >= 0.6 is 27.5 Å². The van der Waals surface area contributed by atoms with Gasteiger partial charge in [0.25, 0.3) is 0 Å². The van der Waals surface area contributed by atoms with E-state index in [1.807, 2.05) is 0 Å². The Balaban J connectivity index is 3.07. The molecule has 0 saturated heterocycles. The highest BCUT2D eigenvalue weighted by atomic mass is 79.9. The van der Waals surface area contributed by atoms with Gasteiger partial charge in [-0.2, -0.15) is 4.31 Å². The van der Waals surface area contributed by atoms with Gasteiger partial charge in [-0.1, -0.05) is 11.6 Å². The number of sulfonamides is 1. The first-order valence-electron chi connectivity index (χ1n) is 5.48. The highest BCUT2D eigenvalue weighted by Crippen LogP contribution is 2.26. The summed E-state index contributed by atoms with van der Waals surface area (Å²) in [5, 5.41) is 9.40. The molecule has 0 saturated carbocycles. The Morgan fingerprint density at radius 3 is 2.63 bits per heavy atom. The Labute approximate surface area is 126 Å². The molecule has 19 heavy (non-hydrogen) atoms. The fraction of sp³-hybridized carbons (Fsp3) is 0.455. The SMILES string of the molecule is COCCN(CCO)S(=O)(=O)c1ccc(Cl)c(Br)c1. The van der Waals surface area contributed by atoms with Crippen molar-refractivity contribution in [3.05, 3.63) is 27.7 Å². The van der Waals surface area contributed by atoms with Gasteiger partial charge in [-0.15, -0.1) is 0 Å². The predicted molar refractivity (Wildman–Crippen MR) is 76.9 cm³/mol. The molecule has 0 aliphatic carbocycles. The van der Waals surface area contributed by atoms with Crippen molar-refractivity contribution in [3.63, 3.8) is 0 Å². The van der Waals surface area contributed by atoms with Gasteiger partial charge >= 0.3 is 0 Å². The summed E-state index contributed by atoms with van der Waals surface area (Å²) >= 11 is 9.03. The molecular weight excluding hydrogens is 358 g/mol. The van der Waals surface area contributed by atoms with Crippen molar-refractivity contribution >= 4 is 37.6 Å². The van der Waals surface area contributed by atoms with Crippen LogP contribution in [0.1, 0.15) is 0 Å². The Kier molecular flexibility index (Phi) is 6.72. The third-order valence-electron chi connectivity index (χ3n) is 2.42. The Morgan fingerprint density at radius 1 is 1.42 bits per heavy atom. The average molecular weight is 373 g/mol. The minimum absolute atomic E-state index is 0.0198. The molecule has 1 N–H and O–H groups in total. The van der Waals surface area contributed by atoms with Crippen LogP contribution in [-0.4, -0.2) is 51.2 Å². The van der Waals surface area contributed by atoms with Gasteiger partial charge < -0.3 is 9.84 Å². The predicted octanol–water partition coefficient (Wildman–Crippen LogP) is 1.73. The average Bonchev–Trinajstić information content (AvgIpc) is 2.37. The van der Waals surface area contributed by atoms with E-state index in [1.54, 1.807) is 0 Å². The third-order valence-corrected chi connectivity index (χ3v) is 5.53. The minimum atomic E-state index is -3.67. The van der Waals surface area contributed by atoms with Crippen LogP contribution in [0.4, 0.5) is 0 Å². The maximum absolute atomic E-state index is 12.4. The minimum Gasteiger partial charge on any atom is -0.395 e. The summed E-state index contributed by atoms with van der Waals surface area (Å²) in [6, 6.07) is 4.38. The van der Waals surface area contributed by atoms with Crippen molar-refractivity contribution in [3.8, 4) is 0 Å². The number of rotatable bonds is 7. The molecule has 0 radical (unpaired) electrons. The number of ether oxygens (including phenoxy) is 1. The molecule has 1 aromatic rings. The van der Waals surface area contributed by atoms with Crippen molar-refractivity contribution in [1.29, 1.82) is 0 Å². The number of hydrogen-bond acceptors (Lipinski definition) is 4. The fourth-order valence-electron chi connectivity index (χ4n) is 1.44. The summed E-state index contributed by atoms with van der Waals surface area (Å²) in [4.78, 5) is 0.119. The number of aliphatic hydroxyl groups is 1. The first-order chi connectivity index (χ1) is 8.93. The summed E-state index contributed by atoms with van der Waals surface area (Å²) in [5.74, 6) is 0. The molecule has 0 heterocycles. The number of aliphatic hydroxyl groups excluding tert-OH is 1. The van der Waals surface area contributed by atoms with E-state index >= 15 is 0 Å². The molecule has 0 amide bonds. The second kappa shape index (κ2) is 7.56. The van der Waals surface area contributed by atoms with Crippen molar-refractivity contribution in [2.75, 3.05) is 33.4 Å². The van der Waals surface area contributed by atoms with Crippen LogP contribution in [-0.2, 0) is 14.8 Å². The van der Waals surface area contributed by atoms with Crippen LogP contribution in [0, 0.1) is 0 Å². The van der Waals surface area contributed by atoms with Crippen LogP contribution in [0.3, 0.4) is 0 Å². The highest BCUT2D eigenvalue weighted by molar-refractivity contribution is 9.10. The number of benzene rings is 1. The quantitative estimate of drug-likeness (QED) is 0.791. The van der Waals surface area contributed by atoms with Crippen LogP contribution in [0.25, 0.3) is 0 Å². The van der Waals surface area contributed by atoms with Crippen LogP contribution in [0.15, 0.2) is 27.6 Å². The van der Waals surface area contributed by atoms with Gasteiger partial charge in [-0.25, -0.2) is 8.42 Å². The summed E-state index contributed by atoms with van der Waals surface area (Å²) in [5.41, 5.74) is 0. The number of methoxy groups -OCH3 is 1. The van der Waals surface area contributed by atoms with E-state index in [0.29, 0.717) is 9.50 Å². The maximum Gasteiger partial charge on any atom is 0.243 e. The molecule has 0 fully saturated rings. The summed E-state index contributed by atoms with van der Waals surface area (Å²) in [7, 11) is -2.18. The monoisotopic (exact) mass is 371 g/mol. The Bertz CT molecular complexity index is 523.